The fourth-order valence-electron chi connectivity index (χ4n) is 3.45. The zero-order valence-corrected chi connectivity index (χ0v) is 20.0. The highest BCUT2D eigenvalue weighted by atomic mass is 35.5. The largest absolute Gasteiger partial charge is 0.435 e. The number of hydrogen-bond donors (Lipinski definition) is 2. The predicted octanol–water partition coefficient (Wildman–Crippen LogP) is 4.97. The summed E-state index contributed by atoms with van der Waals surface area (Å²) in [6.45, 7) is 1.65. The molecule has 0 saturated carbocycles. The molecule has 2 amide bonds. The Morgan fingerprint density at radius 1 is 1.12 bits per heavy atom. The fourth-order valence-corrected chi connectivity index (χ4v) is 4.07. The molecule has 0 saturated heterocycles. The number of amides is 2. The van der Waals surface area contributed by atoms with Gasteiger partial charge in [0.1, 0.15) is 0 Å². The Balaban J connectivity index is 1.80. The van der Waals surface area contributed by atoms with Gasteiger partial charge in [-0.05, 0) is 48.4 Å². The first-order valence-electron chi connectivity index (χ1n) is 9.97. The molecule has 182 valence electrons. The lowest BCUT2D eigenvalue weighted by Gasteiger charge is -2.29. The molecule has 0 aliphatic carbocycles. The van der Waals surface area contributed by atoms with Gasteiger partial charge in [0, 0.05) is 40.0 Å². The molecule has 0 spiro atoms. The number of carbonyl (C=O) groups is 2. The minimum Gasteiger partial charge on any atom is -0.374 e. The van der Waals surface area contributed by atoms with E-state index in [1.807, 2.05) is 0 Å². The third-order valence-electron chi connectivity index (χ3n) is 5.15. The van der Waals surface area contributed by atoms with E-state index in [0.29, 0.717) is 11.1 Å². The summed E-state index contributed by atoms with van der Waals surface area (Å²) in [5, 5.41) is 8.77. The van der Waals surface area contributed by atoms with Crippen LogP contribution in [-0.2, 0) is 15.2 Å². The first kappa shape index (κ1) is 26.1. The predicted molar refractivity (Wildman–Crippen MR) is 124 cm³/mol. The van der Waals surface area contributed by atoms with E-state index in [-0.39, 0.29) is 45.9 Å². The topological polar surface area (TPSA) is 79.8 Å². The van der Waals surface area contributed by atoms with Crippen molar-refractivity contribution in [2.75, 3.05) is 19.0 Å². The van der Waals surface area contributed by atoms with Crippen molar-refractivity contribution in [1.82, 2.24) is 10.6 Å². The molecule has 0 bridgehead atoms. The summed E-state index contributed by atoms with van der Waals surface area (Å²) in [7, 11) is 0. The lowest BCUT2D eigenvalue weighted by molar-refractivity contribution is -0.275. The van der Waals surface area contributed by atoms with Crippen LogP contribution in [0.15, 0.2) is 41.6 Å². The first-order chi connectivity index (χ1) is 16.0. The lowest BCUT2D eigenvalue weighted by Crippen LogP contribution is -2.42. The molecule has 0 fully saturated rings. The molecule has 6 nitrogen and oxygen atoms in total. The number of nitrogens with zero attached hydrogens (tertiary/aromatic N) is 1. The van der Waals surface area contributed by atoms with E-state index in [1.165, 1.54) is 24.3 Å². The molecule has 12 heteroatoms. The van der Waals surface area contributed by atoms with Crippen LogP contribution in [0, 0.1) is 6.92 Å². The number of alkyl halides is 4. The van der Waals surface area contributed by atoms with E-state index in [1.54, 1.807) is 6.92 Å². The standard InChI is InChI=1S/C22H19Cl3F3N3O3/c1-12-6-13(2-3-17(12)20(33)30-11-19(32)29-5-4-23)18-10-21(34-31-18,22(26,27)28)14-7-15(24)9-16(25)8-14/h2-3,6-9H,4-5,10-11H2,1H3,(H,29,32)(H,30,33). The second kappa shape index (κ2) is 10.4. The number of hydrogen-bond acceptors (Lipinski definition) is 4. The zero-order chi connectivity index (χ0) is 25.1. The maximum absolute atomic E-state index is 14.2. The Kier molecular flexibility index (Phi) is 8.00. The Hall–Kier alpha value is -2.49. The molecule has 2 aromatic rings. The third-order valence-corrected chi connectivity index (χ3v) is 5.77. The molecule has 0 aromatic heterocycles. The average Bonchev–Trinajstić information content (AvgIpc) is 3.22. The second-order valence-corrected chi connectivity index (χ2v) is 8.79. The maximum atomic E-state index is 14.2. The Bertz CT molecular complexity index is 1120. The van der Waals surface area contributed by atoms with Crippen LogP contribution in [0.4, 0.5) is 13.2 Å². The van der Waals surface area contributed by atoms with E-state index in [9.17, 15) is 22.8 Å². The minimum absolute atomic E-state index is 0.0331. The Morgan fingerprint density at radius 3 is 2.38 bits per heavy atom. The van der Waals surface area contributed by atoms with Gasteiger partial charge >= 0.3 is 6.18 Å². The van der Waals surface area contributed by atoms with E-state index in [0.717, 1.165) is 12.1 Å². The van der Waals surface area contributed by atoms with Crippen LogP contribution in [0.2, 0.25) is 10.0 Å². The normalized spacial score (nSPS) is 17.7. The summed E-state index contributed by atoms with van der Waals surface area (Å²) in [5.41, 5.74) is -1.88. The van der Waals surface area contributed by atoms with E-state index >= 15 is 0 Å². The quantitative estimate of drug-likeness (QED) is 0.491. The van der Waals surface area contributed by atoms with Gasteiger partial charge in [-0.3, -0.25) is 9.59 Å². The SMILES string of the molecule is Cc1cc(C2=NOC(c3cc(Cl)cc(Cl)c3)(C(F)(F)F)C2)ccc1C(=O)NCC(=O)NCCCl. The van der Waals surface area contributed by atoms with Gasteiger partial charge < -0.3 is 15.5 Å². The summed E-state index contributed by atoms with van der Waals surface area (Å²) in [5.74, 6) is -0.661. The summed E-state index contributed by atoms with van der Waals surface area (Å²) in [6.07, 6.45) is -5.43. The molecule has 1 unspecified atom stereocenters. The molecule has 0 radical (unpaired) electrons. The molecular weight excluding hydrogens is 518 g/mol. The van der Waals surface area contributed by atoms with Crippen molar-refractivity contribution in [2.24, 2.45) is 5.16 Å². The number of oxime groups is 1. The molecule has 1 aliphatic rings. The van der Waals surface area contributed by atoms with Crippen LogP contribution < -0.4 is 10.6 Å². The van der Waals surface area contributed by atoms with Gasteiger partial charge in [0.05, 0.1) is 12.3 Å². The van der Waals surface area contributed by atoms with Gasteiger partial charge in [0.15, 0.2) is 0 Å². The molecular formula is C22H19Cl3F3N3O3. The van der Waals surface area contributed by atoms with Gasteiger partial charge in [0.25, 0.3) is 11.5 Å². The van der Waals surface area contributed by atoms with Gasteiger partial charge in [0.2, 0.25) is 5.91 Å². The van der Waals surface area contributed by atoms with Crippen molar-refractivity contribution in [1.29, 1.82) is 0 Å². The van der Waals surface area contributed by atoms with Crippen molar-refractivity contribution in [2.45, 2.75) is 25.1 Å². The van der Waals surface area contributed by atoms with Crippen molar-refractivity contribution in [3.63, 3.8) is 0 Å². The number of aryl methyl sites for hydroxylation is 1. The van der Waals surface area contributed by atoms with E-state index in [2.05, 4.69) is 15.8 Å². The van der Waals surface area contributed by atoms with Crippen molar-refractivity contribution >= 4 is 52.3 Å². The summed E-state index contributed by atoms with van der Waals surface area (Å²) in [4.78, 5) is 29.0. The Labute approximate surface area is 208 Å². The summed E-state index contributed by atoms with van der Waals surface area (Å²) >= 11 is 17.3. The molecule has 1 heterocycles. The third kappa shape index (κ3) is 5.59. The molecule has 3 rings (SSSR count). The smallest absolute Gasteiger partial charge is 0.374 e. The number of halogens is 6. The van der Waals surface area contributed by atoms with Gasteiger partial charge in [-0.2, -0.15) is 13.2 Å². The number of nitrogens with one attached hydrogen (secondary N) is 2. The average molecular weight is 537 g/mol. The number of benzene rings is 2. The highest BCUT2D eigenvalue weighted by Gasteiger charge is 2.62. The van der Waals surface area contributed by atoms with Crippen molar-refractivity contribution < 1.29 is 27.6 Å². The fraction of sp³-hybridized carbons (Fsp3) is 0.318. The van der Waals surface area contributed by atoms with Crippen molar-refractivity contribution in [3.05, 3.63) is 68.7 Å². The van der Waals surface area contributed by atoms with Gasteiger partial charge in [-0.1, -0.05) is 34.4 Å². The highest BCUT2D eigenvalue weighted by molar-refractivity contribution is 6.34. The Morgan fingerprint density at radius 2 is 1.79 bits per heavy atom. The highest BCUT2D eigenvalue weighted by Crippen LogP contribution is 2.49. The van der Waals surface area contributed by atoms with Crippen LogP contribution in [0.1, 0.15) is 33.5 Å². The lowest BCUT2D eigenvalue weighted by atomic mass is 9.86. The number of carbonyl (C=O) groups excluding carboxylic acids is 2. The van der Waals surface area contributed by atoms with E-state index < -0.39 is 30.0 Å². The second-order valence-electron chi connectivity index (χ2n) is 7.54. The molecule has 1 atom stereocenters. The zero-order valence-electron chi connectivity index (χ0n) is 17.7. The molecule has 34 heavy (non-hydrogen) atoms. The van der Waals surface area contributed by atoms with E-state index in [4.69, 9.17) is 39.6 Å². The van der Waals surface area contributed by atoms with Crippen LogP contribution in [0.5, 0.6) is 0 Å². The summed E-state index contributed by atoms with van der Waals surface area (Å²) in [6, 6.07) is 8.05. The van der Waals surface area contributed by atoms with Crippen LogP contribution >= 0.6 is 34.8 Å². The molecule has 2 N–H and O–H groups in total. The monoisotopic (exact) mass is 535 g/mol. The van der Waals surface area contributed by atoms with Crippen molar-refractivity contribution in [3.8, 4) is 0 Å². The van der Waals surface area contributed by atoms with Crippen LogP contribution in [-0.4, -0.2) is 42.7 Å². The van der Waals surface area contributed by atoms with Crippen LogP contribution in [0.25, 0.3) is 0 Å². The van der Waals surface area contributed by atoms with Gasteiger partial charge in [-0.15, -0.1) is 11.6 Å². The van der Waals surface area contributed by atoms with Gasteiger partial charge in [-0.25, -0.2) is 0 Å². The molecule has 1 aliphatic heterocycles. The first-order valence-corrected chi connectivity index (χ1v) is 11.3. The van der Waals surface area contributed by atoms with Crippen LogP contribution in [0.3, 0.4) is 0 Å². The summed E-state index contributed by atoms with van der Waals surface area (Å²) < 4.78 is 42.5. The molecule has 2 aromatic carbocycles. The number of rotatable bonds is 7. The maximum Gasteiger partial charge on any atom is 0.435 e. The minimum atomic E-state index is -4.81.